The fourth-order valence-corrected chi connectivity index (χ4v) is 5.38. The number of amides is 1. The summed E-state index contributed by atoms with van der Waals surface area (Å²) in [5.41, 5.74) is 2.94. The number of rotatable bonds is 5. The Morgan fingerprint density at radius 3 is 2.82 bits per heavy atom. The van der Waals surface area contributed by atoms with E-state index in [9.17, 15) is 14.4 Å². The van der Waals surface area contributed by atoms with E-state index < -0.39 is 0 Å². The molecule has 2 bridgehead atoms. The van der Waals surface area contributed by atoms with Crippen LogP contribution in [0.1, 0.15) is 42.5 Å². The van der Waals surface area contributed by atoms with Gasteiger partial charge in [0.2, 0.25) is 0 Å². The van der Waals surface area contributed by atoms with Crippen LogP contribution in [-0.4, -0.2) is 35.1 Å². The van der Waals surface area contributed by atoms with Crippen LogP contribution in [0.2, 0.25) is 0 Å². The minimum Gasteiger partial charge on any atom is -0.483 e. The average molecular weight is 449 g/mol. The highest BCUT2D eigenvalue weighted by atomic mass is 16.5. The van der Waals surface area contributed by atoms with E-state index in [0.29, 0.717) is 31.0 Å². The Morgan fingerprint density at radius 2 is 2.00 bits per heavy atom. The largest absolute Gasteiger partial charge is 0.483 e. The lowest BCUT2D eigenvalue weighted by Crippen LogP contribution is -2.50. The lowest BCUT2D eigenvalue weighted by atomic mass is 9.83. The van der Waals surface area contributed by atoms with Crippen molar-refractivity contribution in [3.63, 3.8) is 0 Å². The second-order valence-corrected chi connectivity index (χ2v) is 9.26. The molecule has 2 atom stereocenters. The van der Waals surface area contributed by atoms with Gasteiger partial charge in [0.1, 0.15) is 11.3 Å². The van der Waals surface area contributed by atoms with Crippen molar-refractivity contribution in [1.29, 1.82) is 0 Å². The van der Waals surface area contributed by atoms with Crippen molar-refractivity contribution in [3.8, 4) is 5.75 Å². The van der Waals surface area contributed by atoms with Gasteiger partial charge in [-0.3, -0.25) is 9.59 Å². The molecule has 4 heterocycles. The third-order valence-electron chi connectivity index (χ3n) is 6.74. The van der Waals surface area contributed by atoms with Crippen molar-refractivity contribution in [3.05, 3.63) is 74.0 Å². The molecule has 0 aliphatic carbocycles. The van der Waals surface area contributed by atoms with Crippen LogP contribution in [0.25, 0.3) is 11.0 Å². The third kappa shape index (κ3) is 4.08. The zero-order chi connectivity index (χ0) is 23.1. The monoisotopic (exact) mass is 448 g/mol. The van der Waals surface area contributed by atoms with Crippen molar-refractivity contribution in [1.82, 2.24) is 9.47 Å². The van der Waals surface area contributed by atoms with Gasteiger partial charge in [0.15, 0.2) is 6.61 Å². The number of aryl methyl sites for hydroxylation is 2. The number of piperidine rings is 1. The van der Waals surface area contributed by atoms with Gasteiger partial charge in [-0.25, -0.2) is 4.79 Å². The van der Waals surface area contributed by atoms with Crippen LogP contribution in [0.4, 0.5) is 0 Å². The number of carbonyl (C=O) groups is 1. The molecule has 1 amide bonds. The number of carbonyl (C=O) groups excluding carboxylic acids is 1. The number of hydrogen-bond donors (Lipinski definition) is 0. The fraction of sp³-hybridized carbons (Fsp3) is 0.423. The van der Waals surface area contributed by atoms with Gasteiger partial charge < -0.3 is 18.6 Å². The maximum Gasteiger partial charge on any atom is 0.336 e. The summed E-state index contributed by atoms with van der Waals surface area (Å²) < 4.78 is 13.3. The number of nitrogens with zero attached hydrogens (tertiary/aromatic N) is 2. The van der Waals surface area contributed by atoms with Crippen LogP contribution in [-0.2, 0) is 17.8 Å². The maximum atomic E-state index is 13.1. The molecule has 7 heteroatoms. The van der Waals surface area contributed by atoms with Crippen molar-refractivity contribution in [2.75, 3.05) is 19.7 Å². The van der Waals surface area contributed by atoms with Crippen LogP contribution in [0, 0.1) is 12.8 Å². The number of pyridine rings is 1. The summed E-state index contributed by atoms with van der Waals surface area (Å²) in [6.45, 7) is 5.75. The Balaban J connectivity index is 1.37. The van der Waals surface area contributed by atoms with E-state index in [2.05, 4.69) is 6.92 Å². The van der Waals surface area contributed by atoms with Crippen molar-refractivity contribution in [2.45, 2.75) is 45.6 Å². The molecule has 7 nitrogen and oxygen atoms in total. The van der Waals surface area contributed by atoms with E-state index in [1.54, 1.807) is 12.1 Å². The SMILES string of the molecule is CCCc1cc(=O)oc2cc(C)cc(OCC(=O)N3C[C@@H]4C[C@@H](C3)c3cccc(=O)n3C4)c12. The molecule has 0 N–H and O–H groups in total. The number of likely N-dealkylation sites (tertiary alicyclic amines) is 1. The molecule has 0 radical (unpaired) electrons. The van der Waals surface area contributed by atoms with Gasteiger partial charge in [-0.1, -0.05) is 19.4 Å². The van der Waals surface area contributed by atoms with Gasteiger partial charge in [0.05, 0.1) is 5.39 Å². The number of ether oxygens (including phenoxy) is 1. The Morgan fingerprint density at radius 1 is 1.15 bits per heavy atom. The van der Waals surface area contributed by atoms with Gasteiger partial charge in [-0.15, -0.1) is 0 Å². The molecule has 3 aromatic rings. The first kappa shape index (κ1) is 21.5. The van der Waals surface area contributed by atoms with Gasteiger partial charge in [0, 0.05) is 43.4 Å². The van der Waals surface area contributed by atoms with E-state index in [-0.39, 0.29) is 35.5 Å². The molecule has 0 unspecified atom stereocenters. The van der Waals surface area contributed by atoms with Crippen molar-refractivity contribution in [2.24, 2.45) is 5.92 Å². The second-order valence-electron chi connectivity index (χ2n) is 9.26. The highest BCUT2D eigenvalue weighted by Gasteiger charge is 2.36. The summed E-state index contributed by atoms with van der Waals surface area (Å²) in [5.74, 6) is 0.936. The maximum absolute atomic E-state index is 13.1. The van der Waals surface area contributed by atoms with Crippen molar-refractivity contribution >= 4 is 16.9 Å². The Hall–Kier alpha value is -3.35. The van der Waals surface area contributed by atoms with Gasteiger partial charge in [-0.2, -0.15) is 0 Å². The molecule has 1 fully saturated rings. The predicted octanol–water partition coefficient (Wildman–Crippen LogP) is 3.24. The van der Waals surface area contributed by atoms with Crippen LogP contribution in [0.3, 0.4) is 0 Å². The van der Waals surface area contributed by atoms with Gasteiger partial charge in [-0.05, 0) is 55.0 Å². The summed E-state index contributed by atoms with van der Waals surface area (Å²) in [6, 6.07) is 10.6. The number of fused-ring (bicyclic) bond motifs is 5. The van der Waals surface area contributed by atoms with E-state index in [4.69, 9.17) is 9.15 Å². The molecular formula is C26H28N2O5. The van der Waals surface area contributed by atoms with Crippen LogP contribution in [0.15, 0.2) is 50.4 Å². The zero-order valence-corrected chi connectivity index (χ0v) is 19.0. The summed E-state index contributed by atoms with van der Waals surface area (Å²) in [7, 11) is 0. The molecule has 5 rings (SSSR count). The van der Waals surface area contributed by atoms with E-state index >= 15 is 0 Å². The molecule has 1 saturated heterocycles. The molecule has 2 aliphatic heterocycles. The molecule has 172 valence electrons. The molecule has 1 aromatic carbocycles. The van der Waals surface area contributed by atoms with E-state index in [0.717, 1.165) is 41.5 Å². The summed E-state index contributed by atoms with van der Waals surface area (Å²) >= 11 is 0. The van der Waals surface area contributed by atoms with E-state index in [1.807, 2.05) is 34.6 Å². The first-order valence-corrected chi connectivity index (χ1v) is 11.6. The molecular weight excluding hydrogens is 420 g/mol. The third-order valence-corrected chi connectivity index (χ3v) is 6.74. The quantitative estimate of drug-likeness (QED) is 0.560. The van der Waals surface area contributed by atoms with Crippen LogP contribution in [0.5, 0.6) is 5.75 Å². The minimum absolute atomic E-state index is 0.0335. The predicted molar refractivity (Wildman–Crippen MR) is 125 cm³/mol. The first-order valence-electron chi connectivity index (χ1n) is 11.6. The molecule has 2 aliphatic rings. The number of benzene rings is 1. The molecule has 0 saturated carbocycles. The normalized spacial score (nSPS) is 19.4. The summed E-state index contributed by atoms with van der Waals surface area (Å²) in [4.78, 5) is 39.2. The van der Waals surface area contributed by atoms with E-state index in [1.165, 1.54) is 6.07 Å². The first-order chi connectivity index (χ1) is 15.9. The van der Waals surface area contributed by atoms with Crippen LogP contribution >= 0.6 is 0 Å². The summed E-state index contributed by atoms with van der Waals surface area (Å²) in [6.07, 6.45) is 2.60. The lowest BCUT2D eigenvalue weighted by molar-refractivity contribution is -0.136. The average Bonchev–Trinajstić information content (AvgIpc) is 2.77. The zero-order valence-electron chi connectivity index (χ0n) is 19.0. The smallest absolute Gasteiger partial charge is 0.336 e. The number of aromatic nitrogens is 1. The standard InChI is InChI=1S/C26H28N2O5/c1-3-5-18-11-25(31)33-22-9-16(2)8-21(26(18)22)32-15-24(30)27-12-17-10-19(14-27)20-6-4-7-23(29)28(20)13-17/h4,6-9,11,17,19H,3,5,10,12-15H2,1-2H3/t17-,19-/m0/s1. The highest BCUT2D eigenvalue weighted by molar-refractivity contribution is 5.88. The Labute approximate surface area is 191 Å². The molecule has 2 aromatic heterocycles. The molecule has 33 heavy (non-hydrogen) atoms. The Bertz CT molecular complexity index is 1340. The Kier molecular flexibility index (Phi) is 5.56. The van der Waals surface area contributed by atoms with Gasteiger partial charge >= 0.3 is 5.63 Å². The highest BCUT2D eigenvalue weighted by Crippen LogP contribution is 2.35. The van der Waals surface area contributed by atoms with Crippen LogP contribution < -0.4 is 15.9 Å². The topological polar surface area (TPSA) is 81.8 Å². The fourth-order valence-electron chi connectivity index (χ4n) is 5.38. The minimum atomic E-state index is -0.377. The second kappa shape index (κ2) is 8.54. The lowest BCUT2D eigenvalue weighted by Gasteiger charge is -2.42. The number of hydrogen-bond acceptors (Lipinski definition) is 5. The molecule has 0 spiro atoms. The van der Waals surface area contributed by atoms with Crippen molar-refractivity contribution < 1.29 is 13.9 Å². The van der Waals surface area contributed by atoms with Gasteiger partial charge in [0.25, 0.3) is 11.5 Å². The summed E-state index contributed by atoms with van der Waals surface area (Å²) in [5, 5.41) is 0.763.